The fourth-order valence-corrected chi connectivity index (χ4v) is 2.73. The lowest BCUT2D eigenvalue weighted by Crippen LogP contribution is -2.31. The molecule has 0 aliphatic carbocycles. The van der Waals surface area contributed by atoms with Gasteiger partial charge in [0.15, 0.2) is 0 Å². The van der Waals surface area contributed by atoms with E-state index >= 15 is 0 Å². The van der Waals surface area contributed by atoms with Crippen molar-refractivity contribution in [2.24, 2.45) is 0 Å². The highest BCUT2D eigenvalue weighted by Gasteiger charge is 2.30. The van der Waals surface area contributed by atoms with Crippen molar-refractivity contribution in [1.82, 2.24) is 9.97 Å². The van der Waals surface area contributed by atoms with Gasteiger partial charge in [0.05, 0.1) is 12.2 Å². The Hall–Kier alpha value is -2.63. The summed E-state index contributed by atoms with van der Waals surface area (Å²) in [5.74, 6) is 1.18. The molecule has 1 aromatic carbocycles. The van der Waals surface area contributed by atoms with Gasteiger partial charge in [-0.3, -0.25) is 9.59 Å². The lowest BCUT2D eigenvalue weighted by molar-refractivity contribution is -0.116. The molecule has 0 saturated heterocycles. The fraction of sp³-hybridized carbons (Fsp3) is 0.312. The summed E-state index contributed by atoms with van der Waals surface area (Å²) in [5.41, 5.74) is 1.20. The topological polar surface area (TPSA) is 84.1 Å². The van der Waals surface area contributed by atoms with Crippen LogP contribution < -0.4 is 15.6 Å². The number of aryl methyl sites for hydroxylation is 1. The molecule has 1 unspecified atom stereocenters. The summed E-state index contributed by atoms with van der Waals surface area (Å²) < 4.78 is 5.42. The molecule has 1 aromatic heterocycles. The summed E-state index contributed by atoms with van der Waals surface area (Å²) in [6.07, 6.45) is 0.231. The molecule has 2 heterocycles. The molecule has 0 radical (unpaired) electrons. The maximum absolute atomic E-state index is 12.3. The molecular weight excluding hydrogens is 282 g/mol. The van der Waals surface area contributed by atoms with Gasteiger partial charge in [0, 0.05) is 12.3 Å². The zero-order valence-electron chi connectivity index (χ0n) is 12.5. The molecule has 3 rings (SSSR count). The summed E-state index contributed by atoms with van der Waals surface area (Å²) >= 11 is 0. The van der Waals surface area contributed by atoms with Crippen molar-refractivity contribution in [3.63, 3.8) is 0 Å². The molecule has 6 nitrogen and oxygen atoms in total. The van der Waals surface area contributed by atoms with Gasteiger partial charge in [-0.15, -0.1) is 0 Å². The van der Waals surface area contributed by atoms with Crippen LogP contribution in [0.1, 0.15) is 36.2 Å². The van der Waals surface area contributed by atoms with E-state index in [-0.39, 0.29) is 23.8 Å². The molecule has 0 bridgehead atoms. The molecule has 2 aromatic rings. The standard InChI is InChI=1S/C16H17N3O3/c1-3-22-11-6-4-10(5-7-11)12-8-13(20)19-15-14(12)16(21)18-9(2)17-15/h4-7,12H,3,8H2,1-2H3,(H2,17,18,19,20,21). The average molecular weight is 299 g/mol. The van der Waals surface area contributed by atoms with Crippen LogP contribution in [0.2, 0.25) is 0 Å². The number of aromatic nitrogens is 2. The first-order valence-corrected chi connectivity index (χ1v) is 7.22. The van der Waals surface area contributed by atoms with Crippen molar-refractivity contribution >= 4 is 11.7 Å². The van der Waals surface area contributed by atoms with Gasteiger partial charge in [-0.2, -0.15) is 0 Å². The van der Waals surface area contributed by atoms with Crippen molar-refractivity contribution in [2.75, 3.05) is 11.9 Å². The molecule has 114 valence electrons. The smallest absolute Gasteiger partial charge is 0.256 e. The Labute approximate surface area is 127 Å². The molecule has 1 aliphatic rings. The summed E-state index contributed by atoms with van der Waals surface area (Å²) in [7, 11) is 0. The Kier molecular flexibility index (Phi) is 3.66. The number of anilines is 1. The number of H-pyrrole nitrogens is 1. The summed E-state index contributed by atoms with van der Waals surface area (Å²) in [6.45, 7) is 4.20. The molecule has 1 aliphatic heterocycles. The second-order valence-corrected chi connectivity index (χ2v) is 5.22. The van der Waals surface area contributed by atoms with Gasteiger partial charge in [0.1, 0.15) is 17.4 Å². The van der Waals surface area contributed by atoms with E-state index in [1.54, 1.807) is 6.92 Å². The Morgan fingerprint density at radius 1 is 1.27 bits per heavy atom. The van der Waals surface area contributed by atoms with E-state index in [1.807, 2.05) is 31.2 Å². The number of hydrogen-bond acceptors (Lipinski definition) is 4. The van der Waals surface area contributed by atoms with Gasteiger partial charge in [-0.1, -0.05) is 12.1 Å². The molecule has 1 atom stereocenters. The summed E-state index contributed by atoms with van der Waals surface area (Å²) in [6, 6.07) is 7.47. The van der Waals surface area contributed by atoms with Crippen LogP contribution in [0.15, 0.2) is 29.1 Å². The van der Waals surface area contributed by atoms with Crippen molar-refractivity contribution in [1.29, 1.82) is 0 Å². The van der Waals surface area contributed by atoms with Gasteiger partial charge >= 0.3 is 0 Å². The second-order valence-electron chi connectivity index (χ2n) is 5.22. The number of amides is 1. The van der Waals surface area contributed by atoms with Crippen LogP contribution in [0.4, 0.5) is 5.82 Å². The van der Waals surface area contributed by atoms with Gasteiger partial charge in [-0.05, 0) is 31.5 Å². The predicted molar refractivity (Wildman–Crippen MR) is 82.3 cm³/mol. The Morgan fingerprint density at radius 2 is 2.00 bits per heavy atom. The first-order chi connectivity index (χ1) is 10.6. The van der Waals surface area contributed by atoms with Crippen LogP contribution in [-0.4, -0.2) is 22.5 Å². The predicted octanol–water partition coefficient (Wildman–Crippen LogP) is 1.95. The summed E-state index contributed by atoms with van der Waals surface area (Å²) in [4.78, 5) is 31.1. The molecular formula is C16H17N3O3. The van der Waals surface area contributed by atoms with E-state index in [4.69, 9.17) is 4.74 Å². The Morgan fingerprint density at radius 3 is 2.68 bits per heavy atom. The molecule has 1 amide bonds. The Bertz CT molecular complexity index is 765. The van der Waals surface area contributed by atoms with E-state index in [0.29, 0.717) is 23.8 Å². The highest BCUT2D eigenvalue weighted by atomic mass is 16.5. The number of hydrogen-bond donors (Lipinski definition) is 2. The highest BCUT2D eigenvalue weighted by Crippen LogP contribution is 2.34. The van der Waals surface area contributed by atoms with E-state index < -0.39 is 0 Å². The van der Waals surface area contributed by atoms with Crippen LogP contribution in [0.25, 0.3) is 0 Å². The molecule has 0 fully saturated rings. The minimum absolute atomic E-state index is 0.135. The molecule has 2 N–H and O–H groups in total. The number of carbonyl (C=O) groups excluding carboxylic acids is 1. The van der Waals surface area contributed by atoms with Crippen LogP contribution >= 0.6 is 0 Å². The zero-order chi connectivity index (χ0) is 15.7. The lowest BCUT2D eigenvalue weighted by Gasteiger charge is -2.24. The number of ether oxygens (including phenoxy) is 1. The number of benzene rings is 1. The third kappa shape index (κ3) is 2.59. The molecule has 6 heteroatoms. The van der Waals surface area contributed by atoms with Gasteiger partial charge in [0.2, 0.25) is 5.91 Å². The fourth-order valence-electron chi connectivity index (χ4n) is 2.73. The Balaban J connectivity index is 2.05. The largest absolute Gasteiger partial charge is 0.494 e. The van der Waals surface area contributed by atoms with Crippen LogP contribution in [0, 0.1) is 6.92 Å². The van der Waals surface area contributed by atoms with Gasteiger partial charge in [0.25, 0.3) is 5.56 Å². The zero-order valence-corrected chi connectivity index (χ0v) is 12.5. The maximum Gasteiger partial charge on any atom is 0.256 e. The molecule has 0 spiro atoms. The van der Waals surface area contributed by atoms with Crippen molar-refractivity contribution in [3.8, 4) is 5.75 Å². The third-order valence-electron chi connectivity index (χ3n) is 3.66. The SMILES string of the molecule is CCOc1ccc(C2CC(=O)Nc3nc(C)[nH]c(=O)c32)cc1. The minimum Gasteiger partial charge on any atom is -0.494 e. The highest BCUT2D eigenvalue weighted by molar-refractivity contribution is 5.94. The molecule has 22 heavy (non-hydrogen) atoms. The van der Waals surface area contributed by atoms with Crippen LogP contribution in [-0.2, 0) is 4.79 Å². The monoisotopic (exact) mass is 299 g/mol. The van der Waals surface area contributed by atoms with E-state index in [0.717, 1.165) is 11.3 Å². The van der Waals surface area contributed by atoms with Crippen molar-refractivity contribution in [3.05, 3.63) is 51.6 Å². The third-order valence-corrected chi connectivity index (χ3v) is 3.66. The normalized spacial score (nSPS) is 16.8. The van der Waals surface area contributed by atoms with Gasteiger partial charge < -0.3 is 15.0 Å². The van der Waals surface area contributed by atoms with E-state index in [1.165, 1.54) is 0 Å². The van der Waals surface area contributed by atoms with Crippen molar-refractivity contribution < 1.29 is 9.53 Å². The average Bonchev–Trinajstić information content (AvgIpc) is 2.46. The maximum atomic E-state index is 12.3. The number of rotatable bonds is 3. The van der Waals surface area contributed by atoms with Crippen molar-refractivity contribution in [2.45, 2.75) is 26.2 Å². The van der Waals surface area contributed by atoms with Crippen LogP contribution in [0.5, 0.6) is 5.75 Å². The quantitative estimate of drug-likeness (QED) is 0.907. The van der Waals surface area contributed by atoms with Gasteiger partial charge in [-0.25, -0.2) is 4.98 Å². The number of nitrogens with one attached hydrogen (secondary N) is 2. The molecule has 0 saturated carbocycles. The number of aromatic amines is 1. The van der Waals surface area contributed by atoms with E-state index in [9.17, 15) is 9.59 Å². The first-order valence-electron chi connectivity index (χ1n) is 7.22. The first kappa shape index (κ1) is 14.3. The van der Waals surface area contributed by atoms with E-state index in [2.05, 4.69) is 15.3 Å². The summed E-state index contributed by atoms with van der Waals surface area (Å²) in [5, 5.41) is 2.68. The second kappa shape index (κ2) is 5.63. The number of fused-ring (bicyclic) bond motifs is 1. The number of carbonyl (C=O) groups is 1. The van der Waals surface area contributed by atoms with Crippen LogP contribution in [0.3, 0.4) is 0 Å². The lowest BCUT2D eigenvalue weighted by atomic mass is 9.87. The minimum atomic E-state index is -0.295. The number of nitrogens with zero attached hydrogens (tertiary/aromatic N) is 1.